The van der Waals surface area contributed by atoms with Gasteiger partial charge in [-0.25, -0.2) is 0 Å². The number of hydrogen-bond acceptors (Lipinski definition) is 1. The van der Waals surface area contributed by atoms with Crippen LogP contribution < -0.4 is 0 Å². The van der Waals surface area contributed by atoms with E-state index in [4.69, 9.17) is 0 Å². The Morgan fingerprint density at radius 3 is 1.40 bits per heavy atom. The van der Waals surface area contributed by atoms with E-state index in [0.717, 1.165) is 9.34 Å². The Morgan fingerprint density at radius 2 is 1.40 bits per heavy atom. The standard InChI is InChI=1S/C2Br2O/c3-1-2(4)5-1. The Bertz CT molecular complexity index is 75.6. The summed E-state index contributed by atoms with van der Waals surface area (Å²) in [6.45, 7) is 0. The topological polar surface area (TPSA) is 12.5 Å². The third-order valence-corrected chi connectivity index (χ3v) is 1.87. The minimum atomic E-state index is 0.817. The van der Waals surface area contributed by atoms with Gasteiger partial charge in [0.05, 0.1) is 0 Å². The number of hydrogen-bond donors (Lipinski definition) is 0. The van der Waals surface area contributed by atoms with Crippen LogP contribution in [0.25, 0.3) is 0 Å². The summed E-state index contributed by atoms with van der Waals surface area (Å²) < 4.78 is 6.22. The first-order valence-corrected chi connectivity index (χ1v) is 2.62. The molecule has 1 aliphatic rings. The van der Waals surface area contributed by atoms with Gasteiger partial charge in [0.15, 0.2) is 0 Å². The second-order valence-electron chi connectivity index (χ2n) is 0.649. The Hall–Kier alpha value is 0.500. The van der Waals surface area contributed by atoms with Crippen LogP contribution in [0.5, 0.6) is 0 Å². The van der Waals surface area contributed by atoms with Gasteiger partial charge in [0.1, 0.15) is 0 Å². The molecule has 0 unspecified atom stereocenters. The second kappa shape index (κ2) is 0.980. The number of halogens is 2. The molecule has 0 amide bonds. The van der Waals surface area contributed by atoms with Crippen molar-refractivity contribution in [2.75, 3.05) is 0 Å². The smallest absolute Gasteiger partial charge is 0.220 e. The average molecular weight is 200 g/mol. The first-order valence-electron chi connectivity index (χ1n) is 1.04. The molecule has 0 radical (unpaired) electrons. The molecule has 0 saturated carbocycles. The monoisotopic (exact) mass is 198 g/mol. The van der Waals surface area contributed by atoms with E-state index >= 15 is 0 Å². The summed E-state index contributed by atoms with van der Waals surface area (Å²) in [5.74, 6) is 0. The van der Waals surface area contributed by atoms with Gasteiger partial charge in [-0.3, -0.25) is 0 Å². The van der Waals surface area contributed by atoms with Crippen LogP contribution in [-0.4, -0.2) is 0 Å². The van der Waals surface area contributed by atoms with E-state index in [1.807, 2.05) is 0 Å². The predicted molar refractivity (Wildman–Crippen MR) is 26.0 cm³/mol. The molecule has 1 rings (SSSR count). The van der Waals surface area contributed by atoms with Crippen molar-refractivity contribution in [2.24, 2.45) is 0 Å². The van der Waals surface area contributed by atoms with Crippen molar-refractivity contribution in [1.29, 1.82) is 0 Å². The summed E-state index contributed by atoms with van der Waals surface area (Å²) in [7, 11) is 0. The molecule has 0 N–H and O–H groups in total. The fourth-order valence-corrected chi connectivity index (χ4v) is 0.594. The zero-order chi connectivity index (χ0) is 3.86. The molecule has 1 aliphatic heterocycles. The summed E-state index contributed by atoms with van der Waals surface area (Å²) in [5.41, 5.74) is 0. The summed E-state index contributed by atoms with van der Waals surface area (Å²) in [5, 5.41) is 0. The molecule has 3 heteroatoms. The molecule has 0 aliphatic carbocycles. The van der Waals surface area contributed by atoms with Crippen molar-refractivity contribution in [1.82, 2.24) is 0 Å². The molecular weight excluding hydrogens is 200 g/mol. The van der Waals surface area contributed by atoms with Gasteiger partial charge in [-0.05, 0) is 31.9 Å². The van der Waals surface area contributed by atoms with Gasteiger partial charge in [-0.2, -0.15) is 0 Å². The lowest BCUT2D eigenvalue weighted by atomic mass is 11.3. The molecule has 28 valence electrons. The Kier molecular flexibility index (Phi) is 0.722. The summed E-state index contributed by atoms with van der Waals surface area (Å²) in [4.78, 5) is 0. The van der Waals surface area contributed by atoms with Gasteiger partial charge in [-0.15, -0.1) is 0 Å². The van der Waals surface area contributed by atoms with Gasteiger partial charge in [0.25, 0.3) is 0 Å². The van der Waals surface area contributed by atoms with Crippen LogP contribution in [0.15, 0.2) is 9.34 Å². The Balaban J connectivity index is 2.59. The summed E-state index contributed by atoms with van der Waals surface area (Å²) in [6, 6.07) is 0. The lowest BCUT2D eigenvalue weighted by Gasteiger charge is -1.54. The average Bonchev–Trinajstić information content (AvgIpc) is 1.79. The molecule has 1 heterocycles. The molecule has 0 aromatic carbocycles. The Labute approximate surface area is 46.3 Å². The predicted octanol–water partition coefficient (Wildman–Crippen LogP) is 1.93. The fraction of sp³-hybridized carbons (Fsp3) is 0. The first kappa shape index (κ1) is 3.68. The van der Waals surface area contributed by atoms with Crippen molar-refractivity contribution in [3.05, 3.63) is 9.34 Å². The second-order valence-corrected chi connectivity index (χ2v) is 2.09. The molecule has 0 atom stereocenters. The van der Waals surface area contributed by atoms with Crippen LogP contribution >= 0.6 is 31.9 Å². The quantitative estimate of drug-likeness (QED) is 0.581. The molecule has 0 aromatic rings. The normalized spacial score (nSPS) is 18.8. The number of rotatable bonds is 0. The maximum absolute atomic E-state index is 4.58. The third-order valence-electron chi connectivity index (χ3n) is 0.292. The van der Waals surface area contributed by atoms with E-state index in [-0.39, 0.29) is 0 Å². The lowest BCUT2D eigenvalue weighted by Crippen LogP contribution is -1.27. The van der Waals surface area contributed by atoms with Crippen LogP contribution in [0.1, 0.15) is 0 Å². The molecule has 0 fully saturated rings. The molecule has 0 saturated heterocycles. The van der Waals surface area contributed by atoms with Crippen LogP contribution in [0, 0.1) is 0 Å². The van der Waals surface area contributed by atoms with Crippen molar-refractivity contribution in [2.45, 2.75) is 0 Å². The largest absolute Gasteiger partial charge is 0.433 e. The molecular formula is C2Br2O. The SMILES string of the molecule is BrC1=C(Br)O1. The summed E-state index contributed by atoms with van der Waals surface area (Å²) in [6.07, 6.45) is 0. The van der Waals surface area contributed by atoms with Crippen LogP contribution in [0.4, 0.5) is 0 Å². The Morgan fingerprint density at radius 1 is 1.20 bits per heavy atom. The lowest BCUT2D eigenvalue weighted by molar-refractivity contribution is 0.526. The zero-order valence-corrected chi connectivity index (χ0v) is 5.34. The molecule has 1 nitrogen and oxygen atoms in total. The van der Waals surface area contributed by atoms with Gasteiger partial charge in [0.2, 0.25) is 9.34 Å². The van der Waals surface area contributed by atoms with Crippen molar-refractivity contribution >= 4 is 31.9 Å². The van der Waals surface area contributed by atoms with Crippen LogP contribution in [0.3, 0.4) is 0 Å². The summed E-state index contributed by atoms with van der Waals surface area (Å²) >= 11 is 6.12. The van der Waals surface area contributed by atoms with E-state index in [2.05, 4.69) is 36.6 Å². The van der Waals surface area contributed by atoms with E-state index in [1.165, 1.54) is 0 Å². The maximum Gasteiger partial charge on any atom is 0.220 e. The van der Waals surface area contributed by atoms with E-state index < -0.39 is 0 Å². The highest BCUT2D eigenvalue weighted by atomic mass is 79.9. The van der Waals surface area contributed by atoms with Crippen LogP contribution in [-0.2, 0) is 4.74 Å². The number of ether oxygens (including phenoxy) is 1. The van der Waals surface area contributed by atoms with Crippen LogP contribution in [0.2, 0.25) is 0 Å². The third kappa shape index (κ3) is 0.666. The highest BCUT2D eigenvalue weighted by Crippen LogP contribution is 2.35. The van der Waals surface area contributed by atoms with E-state index in [0.29, 0.717) is 0 Å². The molecule has 0 aromatic heterocycles. The molecule has 5 heavy (non-hydrogen) atoms. The molecule has 0 bridgehead atoms. The van der Waals surface area contributed by atoms with Crippen molar-refractivity contribution in [3.8, 4) is 0 Å². The first-order chi connectivity index (χ1) is 2.30. The van der Waals surface area contributed by atoms with Gasteiger partial charge >= 0.3 is 0 Å². The van der Waals surface area contributed by atoms with Crippen molar-refractivity contribution < 1.29 is 4.74 Å². The van der Waals surface area contributed by atoms with Crippen molar-refractivity contribution in [3.63, 3.8) is 0 Å². The molecule has 0 spiro atoms. The highest BCUT2D eigenvalue weighted by molar-refractivity contribution is 9.14. The van der Waals surface area contributed by atoms with Gasteiger partial charge < -0.3 is 4.74 Å². The minimum absolute atomic E-state index is 0.817. The van der Waals surface area contributed by atoms with E-state index in [9.17, 15) is 0 Å². The fourth-order valence-electron chi connectivity index (χ4n) is 0.0532. The minimum Gasteiger partial charge on any atom is -0.433 e. The van der Waals surface area contributed by atoms with E-state index in [1.54, 1.807) is 0 Å². The highest BCUT2D eigenvalue weighted by Gasteiger charge is 2.16. The van der Waals surface area contributed by atoms with Gasteiger partial charge in [0, 0.05) is 0 Å². The van der Waals surface area contributed by atoms with Gasteiger partial charge in [-0.1, -0.05) is 0 Å². The maximum atomic E-state index is 4.58. The zero-order valence-electron chi connectivity index (χ0n) is 2.16.